The van der Waals surface area contributed by atoms with Crippen molar-refractivity contribution in [3.63, 3.8) is 0 Å². The molecule has 1 aromatic heterocycles. The van der Waals surface area contributed by atoms with Gasteiger partial charge in [-0.25, -0.2) is 4.98 Å². The summed E-state index contributed by atoms with van der Waals surface area (Å²) in [5, 5.41) is 7.02. The normalized spacial score (nSPS) is 33.2. The lowest BCUT2D eigenvalue weighted by molar-refractivity contribution is 0.459. The fourth-order valence-electron chi connectivity index (χ4n) is 3.76. The van der Waals surface area contributed by atoms with Crippen molar-refractivity contribution in [3.05, 3.63) is 16.1 Å². The van der Waals surface area contributed by atoms with Gasteiger partial charge in [0.05, 0.1) is 5.01 Å². The molecule has 0 saturated heterocycles. The van der Waals surface area contributed by atoms with Gasteiger partial charge in [0, 0.05) is 23.5 Å². The van der Waals surface area contributed by atoms with Gasteiger partial charge in [-0.2, -0.15) is 0 Å². The van der Waals surface area contributed by atoms with Crippen LogP contribution in [-0.2, 0) is 6.42 Å². The Kier molecular flexibility index (Phi) is 3.22. The molecule has 3 rings (SSSR count). The highest BCUT2D eigenvalue weighted by Crippen LogP contribution is 2.57. The number of thiazole rings is 1. The third kappa shape index (κ3) is 2.27. The monoisotopic (exact) mass is 250 g/mol. The number of hydrogen-bond donors (Lipinski definition) is 1. The summed E-state index contributed by atoms with van der Waals surface area (Å²) >= 11 is 1.82. The van der Waals surface area contributed by atoms with Crippen LogP contribution in [0.1, 0.15) is 36.4 Å². The maximum Gasteiger partial charge on any atom is 0.0943 e. The van der Waals surface area contributed by atoms with Crippen LogP contribution in [0, 0.1) is 24.7 Å². The lowest BCUT2D eigenvalue weighted by atomic mass is 10.0. The maximum atomic E-state index is 4.60. The van der Waals surface area contributed by atoms with Crippen LogP contribution >= 0.6 is 11.3 Å². The zero-order chi connectivity index (χ0) is 11.8. The Balaban J connectivity index is 1.64. The van der Waals surface area contributed by atoms with Gasteiger partial charge < -0.3 is 5.32 Å². The Bertz CT molecular complexity index is 375. The molecule has 17 heavy (non-hydrogen) atoms. The van der Waals surface area contributed by atoms with Gasteiger partial charge in [-0.1, -0.05) is 12.8 Å². The van der Waals surface area contributed by atoms with Crippen molar-refractivity contribution in [1.29, 1.82) is 0 Å². The smallest absolute Gasteiger partial charge is 0.0943 e. The van der Waals surface area contributed by atoms with E-state index in [1.165, 1.54) is 36.4 Å². The number of aryl methyl sites for hydroxylation is 1. The highest BCUT2D eigenvalue weighted by molar-refractivity contribution is 7.09. The van der Waals surface area contributed by atoms with Gasteiger partial charge in [0.25, 0.3) is 0 Å². The molecule has 2 fully saturated rings. The fraction of sp³-hybridized carbons (Fsp3) is 0.786. The number of nitrogens with one attached hydrogen (secondary N) is 1. The predicted molar refractivity (Wildman–Crippen MR) is 72.3 cm³/mol. The van der Waals surface area contributed by atoms with Crippen LogP contribution in [0.4, 0.5) is 0 Å². The van der Waals surface area contributed by atoms with Crippen molar-refractivity contribution in [2.75, 3.05) is 7.05 Å². The van der Waals surface area contributed by atoms with Gasteiger partial charge in [0.1, 0.15) is 0 Å². The zero-order valence-corrected chi connectivity index (χ0v) is 11.6. The quantitative estimate of drug-likeness (QED) is 0.888. The van der Waals surface area contributed by atoms with Crippen LogP contribution in [0.25, 0.3) is 0 Å². The first-order valence-corrected chi connectivity index (χ1v) is 7.76. The summed E-state index contributed by atoms with van der Waals surface area (Å²) in [5.74, 6) is 3.00. The number of likely N-dealkylation sites (N-methyl/N-ethyl adjacent to an activating group) is 1. The second kappa shape index (κ2) is 4.69. The van der Waals surface area contributed by atoms with Crippen LogP contribution in [-0.4, -0.2) is 18.1 Å². The minimum absolute atomic E-state index is 0.661. The first kappa shape index (κ1) is 11.7. The van der Waals surface area contributed by atoms with E-state index in [2.05, 4.69) is 29.7 Å². The molecule has 3 atom stereocenters. The third-order valence-corrected chi connectivity index (χ3v) is 5.61. The molecule has 94 valence electrons. The minimum Gasteiger partial charge on any atom is -0.316 e. The number of aromatic nitrogens is 1. The predicted octanol–water partition coefficient (Wildman–Crippen LogP) is 3.02. The molecule has 2 aliphatic rings. The number of fused-ring (bicyclic) bond motifs is 1. The highest BCUT2D eigenvalue weighted by atomic mass is 32.1. The van der Waals surface area contributed by atoms with Gasteiger partial charge >= 0.3 is 0 Å². The first-order chi connectivity index (χ1) is 8.29. The summed E-state index contributed by atoms with van der Waals surface area (Å²) in [4.78, 5) is 4.60. The Morgan fingerprint density at radius 1 is 1.41 bits per heavy atom. The lowest BCUT2D eigenvalue weighted by Crippen LogP contribution is -2.31. The maximum absolute atomic E-state index is 4.60. The van der Waals surface area contributed by atoms with Gasteiger partial charge in [0.15, 0.2) is 0 Å². The highest BCUT2D eigenvalue weighted by Gasteiger charge is 2.53. The van der Waals surface area contributed by atoms with Crippen molar-refractivity contribution in [3.8, 4) is 0 Å². The summed E-state index contributed by atoms with van der Waals surface area (Å²) in [5.41, 5.74) is 1.17. The van der Waals surface area contributed by atoms with E-state index in [1.807, 2.05) is 11.3 Å². The lowest BCUT2D eigenvalue weighted by Gasteiger charge is -2.14. The van der Waals surface area contributed by atoms with E-state index in [4.69, 9.17) is 0 Å². The molecule has 2 nitrogen and oxygen atoms in total. The van der Waals surface area contributed by atoms with Crippen molar-refractivity contribution >= 4 is 11.3 Å². The largest absolute Gasteiger partial charge is 0.316 e. The molecular weight excluding hydrogens is 228 g/mol. The van der Waals surface area contributed by atoms with E-state index in [9.17, 15) is 0 Å². The van der Waals surface area contributed by atoms with Crippen LogP contribution in [0.15, 0.2) is 5.38 Å². The van der Waals surface area contributed by atoms with Gasteiger partial charge in [-0.05, 0) is 44.6 Å². The topological polar surface area (TPSA) is 24.9 Å². The minimum atomic E-state index is 0.661. The van der Waals surface area contributed by atoms with E-state index in [0.29, 0.717) is 6.04 Å². The molecule has 3 unspecified atom stereocenters. The molecule has 2 aliphatic carbocycles. The number of hydrogen-bond acceptors (Lipinski definition) is 3. The van der Waals surface area contributed by atoms with Crippen LogP contribution in [0.5, 0.6) is 0 Å². The SMILES string of the molecule is CNC(Cc1nc(C)cs1)C1C2CCCCC21. The molecule has 0 bridgehead atoms. The Morgan fingerprint density at radius 3 is 2.65 bits per heavy atom. The van der Waals surface area contributed by atoms with Crippen molar-refractivity contribution in [2.24, 2.45) is 17.8 Å². The molecule has 0 aromatic carbocycles. The van der Waals surface area contributed by atoms with Crippen molar-refractivity contribution in [2.45, 2.75) is 45.1 Å². The van der Waals surface area contributed by atoms with E-state index in [1.54, 1.807) is 0 Å². The zero-order valence-electron chi connectivity index (χ0n) is 10.8. The number of nitrogens with zero attached hydrogens (tertiary/aromatic N) is 1. The Morgan fingerprint density at radius 2 is 2.12 bits per heavy atom. The van der Waals surface area contributed by atoms with Crippen molar-refractivity contribution in [1.82, 2.24) is 10.3 Å². The first-order valence-electron chi connectivity index (χ1n) is 6.88. The summed E-state index contributed by atoms with van der Waals surface area (Å²) < 4.78 is 0. The van der Waals surface area contributed by atoms with E-state index in [-0.39, 0.29) is 0 Å². The molecule has 1 heterocycles. The van der Waals surface area contributed by atoms with Gasteiger partial charge in [-0.15, -0.1) is 11.3 Å². The molecule has 0 amide bonds. The number of rotatable bonds is 4. The Labute approximate surface area is 108 Å². The van der Waals surface area contributed by atoms with Crippen LogP contribution in [0.2, 0.25) is 0 Å². The summed E-state index contributed by atoms with van der Waals surface area (Å²) in [6.45, 7) is 2.09. The van der Waals surface area contributed by atoms with Crippen LogP contribution in [0.3, 0.4) is 0 Å². The summed E-state index contributed by atoms with van der Waals surface area (Å²) in [6.07, 6.45) is 7.01. The summed E-state index contributed by atoms with van der Waals surface area (Å²) in [7, 11) is 2.12. The standard InChI is InChI=1S/C14H22N2S/c1-9-8-17-13(16-9)7-12(15-2)14-10-5-3-4-6-11(10)14/h8,10-12,14-15H,3-7H2,1-2H3. The van der Waals surface area contributed by atoms with Crippen molar-refractivity contribution < 1.29 is 0 Å². The van der Waals surface area contributed by atoms with Gasteiger partial charge in [0.2, 0.25) is 0 Å². The fourth-order valence-corrected chi connectivity index (χ4v) is 4.59. The molecule has 0 aliphatic heterocycles. The second-order valence-electron chi connectivity index (χ2n) is 5.67. The Hall–Kier alpha value is -0.410. The third-order valence-electron chi connectivity index (χ3n) is 4.62. The summed E-state index contributed by atoms with van der Waals surface area (Å²) in [6, 6.07) is 0.661. The molecule has 2 saturated carbocycles. The molecule has 3 heteroatoms. The molecule has 0 spiro atoms. The van der Waals surface area contributed by atoms with Crippen LogP contribution < -0.4 is 5.32 Å². The molecule has 1 aromatic rings. The molecule has 1 N–H and O–H groups in total. The molecule has 0 radical (unpaired) electrons. The second-order valence-corrected chi connectivity index (χ2v) is 6.61. The average Bonchev–Trinajstić information content (AvgIpc) is 2.93. The molecular formula is C14H22N2S. The van der Waals surface area contributed by atoms with E-state index in [0.717, 1.165) is 24.2 Å². The average molecular weight is 250 g/mol. The van der Waals surface area contributed by atoms with E-state index >= 15 is 0 Å². The van der Waals surface area contributed by atoms with Gasteiger partial charge in [-0.3, -0.25) is 0 Å². The van der Waals surface area contributed by atoms with E-state index < -0.39 is 0 Å².